The zero-order chi connectivity index (χ0) is 27.5. The smallest absolute Gasteiger partial charge is 0.266 e. The van der Waals surface area contributed by atoms with Gasteiger partial charge in [0.15, 0.2) is 0 Å². The van der Waals surface area contributed by atoms with Crippen LogP contribution in [0.25, 0.3) is 11.1 Å². The Balaban J connectivity index is 1.52. The van der Waals surface area contributed by atoms with Gasteiger partial charge in [-0.15, -0.1) is 11.3 Å². The molecule has 0 saturated heterocycles. The van der Waals surface area contributed by atoms with Crippen molar-refractivity contribution >= 4 is 40.6 Å². The predicted octanol–water partition coefficient (Wildman–Crippen LogP) is 6.54. The number of para-hydroxylation sites is 1. The summed E-state index contributed by atoms with van der Waals surface area (Å²) in [4.78, 5) is 27.7. The minimum Gasteiger partial charge on any atom is -0.508 e. The Morgan fingerprint density at radius 1 is 1.00 bits per heavy atom. The second-order valence-electron chi connectivity index (χ2n) is 9.54. The third kappa shape index (κ3) is 5.35. The summed E-state index contributed by atoms with van der Waals surface area (Å²) in [6.45, 7) is 3.90. The first-order chi connectivity index (χ1) is 18.9. The number of hydrogen-bond acceptors (Lipinski definition) is 5. The fraction of sp³-hybridized carbons (Fsp3) is 0.194. The summed E-state index contributed by atoms with van der Waals surface area (Å²) in [6, 6.07) is 19.4. The first-order valence-corrected chi connectivity index (χ1v) is 13.6. The molecule has 3 N–H and O–H groups in total. The number of rotatable bonds is 6. The highest BCUT2D eigenvalue weighted by molar-refractivity contribution is 7.15. The number of nitrogens with zero attached hydrogens (tertiary/aromatic N) is 2. The number of aromatic nitrogens is 1. The zero-order valence-electron chi connectivity index (χ0n) is 21.7. The quantitative estimate of drug-likeness (QED) is 0.148. The van der Waals surface area contributed by atoms with Crippen LogP contribution in [-0.2, 0) is 17.6 Å². The van der Waals surface area contributed by atoms with Crippen molar-refractivity contribution in [2.24, 2.45) is 0 Å². The number of thiophene rings is 1. The van der Waals surface area contributed by atoms with Gasteiger partial charge in [0.2, 0.25) is 0 Å². The Morgan fingerprint density at radius 2 is 1.69 bits per heavy atom. The van der Waals surface area contributed by atoms with Crippen LogP contribution in [0, 0.1) is 25.2 Å². The molecule has 0 radical (unpaired) electrons. The van der Waals surface area contributed by atoms with E-state index in [-0.39, 0.29) is 17.2 Å². The van der Waals surface area contributed by atoms with Gasteiger partial charge in [-0.25, -0.2) is 0 Å². The summed E-state index contributed by atoms with van der Waals surface area (Å²) in [5.74, 6) is -0.586. The van der Waals surface area contributed by atoms with Gasteiger partial charge in [0.05, 0.1) is 5.56 Å². The van der Waals surface area contributed by atoms with E-state index in [1.165, 1.54) is 17.0 Å². The van der Waals surface area contributed by atoms with Crippen molar-refractivity contribution < 1.29 is 14.7 Å². The summed E-state index contributed by atoms with van der Waals surface area (Å²) in [7, 11) is 0. The molecule has 0 aliphatic heterocycles. The van der Waals surface area contributed by atoms with Gasteiger partial charge in [0.25, 0.3) is 11.8 Å². The molecular formula is C31H28N4O3S. The molecule has 4 aromatic rings. The number of hydrogen-bond donors (Lipinski definition) is 3. The third-order valence-electron chi connectivity index (χ3n) is 6.87. The van der Waals surface area contributed by atoms with Crippen LogP contribution in [0.4, 0.5) is 11.4 Å². The normalized spacial score (nSPS) is 12.9. The maximum atomic E-state index is 13.6. The van der Waals surface area contributed by atoms with Gasteiger partial charge < -0.3 is 20.3 Å². The first-order valence-electron chi connectivity index (χ1n) is 12.8. The molecule has 2 heterocycles. The maximum Gasteiger partial charge on any atom is 0.266 e. The highest BCUT2D eigenvalue weighted by Crippen LogP contribution is 2.39. The molecular weight excluding hydrogens is 508 g/mol. The molecule has 1 aliphatic carbocycles. The minimum absolute atomic E-state index is 0.0455. The SMILES string of the molecule is Cc1cc(/C=C(/C#N)C(=O)Nc2ccc(O)cc2)c(C)n1-c1sc2c(c1C(=O)Nc1ccccc1)CCCC2. The van der Waals surface area contributed by atoms with Crippen molar-refractivity contribution in [3.05, 3.63) is 99.2 Å². The van der Waals surface area contributed by atoms with Crippen molar-refractivity contribution in [1.82, 2.24) is 4.57 Å². The van der Waals surface area contributed by atoms with Crippen LogP contribution < -0.4 is 10.6 Å². The van der Waals surface area contributed by atoms with E-state index in [1.807, 2.05) is 56.3 Å². The number of nitriles is 1. The lowest BCUT2D eigenvalue weighted by Crippen LogP contribution is -2.17. The molecule has 5 rings (SSSR count). The molecule has 0 saturated carbocycles. The second kappa shape index (κ2) is 11.0. The van der Waals surface area contributed by atoms with Crippen molar-refractivity contribution in [2.45, 2.75) is 39.5 Å². The van der Waals surface area contributed by atoms with Gasteiger partial charge >= 0.3 is 0 Å². The molecule has 2 aromatic carbocycles. The molecule has 0 unspecified atom stereocenters. The lowest BCUT2D eigenvalue weighted by atomic mass is 9.95. The Bertz CT molecular complexity index is 1620. The number of fused-ring (bicyclic) bond motifs is 1. The van der Waals surface area contributed by atoms with E-state index in [1.54, 1.807) is 29.5 Å². The molecule has 2 amide bonds. The van der Waals surface area contributed by atoms with Crippen LogP contribution in [0.3, 0.4) is 0 Å². The number of carbonyl (C=O) groups is 2. The topological polar surface area (TPSA) is 107 Å². The molecule has 8 heteroatoms. The maximum absolute atomic E-state index is 13.6. The lowest BCUT2D eigenvalue weighted by molar-refractivity contribution is -0.112. The Labute approximate surface area is 231 Å². The molecule has 0 atom stereocenters. The lowest BCUT2D eigenvalue weighted by Gasteiger charge is -2.14. The Hall–Kier alpha value is -4.61. The van der Waals surface area contributed by atoms with Gasteiger partial charge in [-0.2, -0.15) is 5.26 Å². The largest absolute Gasteiger partial charge is 0.508 e. The summed E-state index contributed by atoms with van der Waals surface area (Å²) in [5, 5.41) is 25.8. The average Bonchev–Trinajstić information content (AvgIpc) is 3.44. The van der Waals surface area contributed by atoms with E-state index in [9.17, 15) is 20.0 Å². The Morgan fingerprint density at radius 3 is 2.41 bits per heavy atom. The van der Waals surface area contributed by atoms with Gasteiger partial charge in [-0.3, -0.25) is 9.59 Å². The number of carbonyl (C=O) groups excluding carboxylic acids is 2. The van der Waals surface area contributed by atoms with Crippen LogP contribution in [-0.4, -0.2) is 21.5 Å². The molecule has 0 fully saturated rings. The van der Waals surface area contributed by atoms with Gasteiger partial charge in [-0.05, 0) is 99.2 Å². The van der Waals surface area contributed by atoms with E-state index in [0.717, 1.165) is 58.9 Å². The number of benzene rings is 2. The number of anilines is 2. The molecule has 1 aliphatic rings. The van der Waals surface area contributed by atoms with Crippen LogP contribution in [0.5, 0.6) is 5.75 Å². The summed E-state index contributed by atoms with van der Waals surface area (Å²) in [6.07, 6.45) is 5.55. The van der Waals surface area contributed by atoms with Crippen LogP contribution in [0.1, 0.15) is 50.6 Å². The molecule has 0 spiro atoms. The predicted molar refractivity (Wildman–Crippen MR) is 154 cm³/mol. The van der Waals surface area contributed by atoms with E-state index in [4.69, 9.17) is 0 Å². The van der Waals surface area contributed by atoms with Gasteiger partial charge in [0.1, 0.15) is 22.4 Å². The summed E-state index contributed by atoms with van der Waals surface area (Å²) < 4.78 is 2.06. The van der Waals surface area contributed by atoms with E-state index >= 15 is 0 Å². The fourth-order valence-corrected chi connectivity index (χ4v) is 6.45. The molecule has 0 bridgehead atoms. The van der Waals surface area contributed by atoms with Gasteiger partial charge in [0, 0.05) is 27.6 Å². The number of phenols is 1. The Kier molecular flexibility index (Phi) is 7.35. The number of aromatic hydroxyl groups is 1. The zero-order valence-corrected chi connectivity index (χ0v) is 22.6. The molecule has 2 aromatic heterocycles. The fourth-order valence-electron chi connectivity index (χ4n) is 4.95. The minimum atomic E-state index is -0.539. The van der Waals surface area contributed by atoms with Gasteiger partial charge in [-0.1, -0.05) is 18.2 Å². The van der Waals surface area contributed by atoms with Crippen LogP contribution >= 0.6 is 11.3 Å². The van der Waals surface area contributed by atoms with Crippen molar-refractivity contribution in [2.75, 3.05) is 10.6 Å². The summed E-state index contributed by atoms with van der Waals surface area (Å²) in [5.41, 5.74) is 5.45. The van der Waals surface area contributed by atoms with E-state index in [0.29, 0.717) is 11.3 Å². The monoisotopic (exact) mass is 536 g/mol. The van der Waals surface area contributed by atoms with E-state index < -0.39 is 5.91 Å². The summed E-state index contributed by atoms with van der Waals surface area (Å²) >= 11 is 1.65. The number of nitrogens with one attached hydrogen (secondary N) is 2. The standard InChI is InChI=1S/C31H28N4O3S/c1-19-16-21(17-22(18-32)29(37)33-24-12-14-25(36)15-13-24)20(2)35(19)31-28(26-10-6-7-11-27(26)39-31)30(38)34-23-8-4-3-5-9-23/h3-5,8-9,12-17,36H,6-7,10-11H2,1-2H3,(H,33,37)(H,34,38)/b22-17-. The van der Waals surface area contributed by atoms with Crippen LogP contribution in [0.2, 0.25) is 0 Å². The average molecular weight is 537 g/mol. The molecule has 196 valence electrons. The number of amides is 2. The first kappa shape index (κ1) is 26.0. The number of phenolic OH excluding ortho intramolecular Hbond substituents is 1. The highest BCUT2D eigenvalue weighted by atomic mass is 32.1. The van der Waals surface area contributed by atoms with Crippen molar-refractivity contribution in [3.63, 3.8) is 0 Å². The second-order valence-corrected chi connectivity index (χ2v) is 10.6. The van der Waals surface area contributed by atoms with Crippen molar-refractivity contribution in [3.8, 4) is 16.8 Å². The number of aryl methyl sites for hydroxylation is 2. The molecule has 39 heavy (non-hydrogen) atoms. The van der Waals surface area contributed by atoms with Crippen LogP contribution in [0.15, 0.2) is 66.2 Å². The van der Waals surface area contributed by atoms with E-state index in [2.05, 4.69) is 15.2 Å². The van der Waals surface area contributed by atoms with Crippen molar-refractivity contribution in [1.29, 1.82) is 5.26 Å². The highest BCUT2D eigenvalue weighted by Gasteiger charge is 2.28. The third-order valence-corrected chi connectivity index (χ3v) is 8.15. The molecule has 7 nitrogen and oxygen atoms in total.